The number of fused-ring (bicyclic) bond motifs is 1. The van der Waals surface area contributed by atoms with E-state index in [4.69, 9.17) is 16.0 Å². The van der Waals surface area contributed by atoms with Crippen LogP contribution in [0.3, 0.4) is 0 Å². The van der Waals surface area contributed by atoms with Crippen LogP contribution in [-0.2, 0) is 7.05 Å². The van der Waals surface area contributed by atoms with Crippen LogP contribution in [0.2, 0.25) is 5.02 Å². The van der Waals surface area contributed by atoms with E-state index in [2.05, 4.69) is 16.5 Å². The summed E-state index contributed by atoms with van der Waals surface area (Å²) in [4.78, 5) is 0. The van der Waals surface area contributed by atoms with E-state index in [1.807, 2.05) is 50.0 Å². The molecule has 0 radical (unpaired) electrons. The highest BCUT2D eigenvalue weighted by Gasteiger charge is 2.21. The molecule has 3 rings (SSSR count). The summed E-state index contributed by atoms with van der Waals surface area (Å²) in [6.45, 7) is 1.98. The van der Waals surface area contributed by atoms with Crippen LogP contribution in [0.1, 0.15) is 23.2 Å². The average molecular weight is 290 g/mol. The van der Waals surface area contributed by atoms with E-state index in [9.17, 15) is 0 Å². The van der Waals surface area contributed by atoms with Gasteiger partial charge in [-0.3, -0.25) is 4.68 Å². The molecule has 1 atom stereocenters. The lowest BCUT2D eigenvalue weighted by molar-refractivity contribution is 0.473. The van der Waals surface area contributed by atoms with Crippen LogP contribution >= 0.6 is 11.6 Å². The van der Waals surface area contributed by atoms with E-state index < -0.39 is 0 Å². The molecule has 0 amide bonds. The molecule has 0 aliphatic rings. The van der Waals surface area contributed by atoms with Gasteiger partial charge in [-0.25, -0.2) is 0 Å². The quantitative estimate of drug-likeness (QED) is 0.803. The first-order valence-corrected chi connectivity index (χ1v) is 6.83. The largest absolute Gasteiger partial charge is 0.457 e. The molecule has 0 spiro atoms. The van der Waals surface area contributed by atoms with Gasteiger partial charge in [0.15, 0.2) is 5.58 Å². The Balaban J connectivity index is 2.12. The number of nitrogens with one attached hydrogen (secondary N) is 1. The van der Waals surface area contributed by atoms with Crippen LogP contribution < -0.4 is 5.32 Å². The van der Waals surface area contributed by atoms with Crippen molar-refractivity contribution in [1.82, 2.24) is 15.1 Å². The van der Waals surface area contributed by atoms with Crippen LogP contribution in [0.15, 0.2) is 34.7 Å². The minimum atomic E-state index is -0.0512. The van der Waals surface area contributed by atoms with Gasteiger partial charge in [-0.1, -0.05) is 23.7 Å². The topological polar surface area (TPSA) is 43.0 Å². The second kappa shape index (κ2) is 4.96. The van der Waals surface area contributed by atoms with Crippen LogP contribution in [0.4, 0.5) is 0 Å². The van der Waals surface area contributed by atoms with Gasteiger partial charge < -0.3 is 9.73 Å². The van der Waals surface area contributed by atoms with Crippen LogP contribution in [0.5, 0.6) is 0 Å². The van der Waals surface area contributed by atoms with Crippen molar-refractivity contribution in [2.24, 2.45) is 7.05 Å². The van der Waals surface area contributed by atoms with Crippen molar-refractivity contribution in [1.29, 1.82) is 0 Å². The second-order valence-corrected chi connectivity index (χ2v) is 5.27. The highest BCUT2D eigenvalue weighted by Crippen LogP contribution is 2.31. The van der Waals surface area contributed by atoms with Crippen molar-refractivity contribution in [3.8, 4) is 0 Å². The zero-order valence-corrected chi connectivity index (χ0v) is 12.4. The third-order valence-electron chi connectivity index (χ3n) is 3.42. The molecule has 4 nitrogen and oxygen atoms in total. The minimum Gasteiger partial charge on any atom is -0.457 e. The number of benzene rings is 1. The highest BCUT2D eigenvalue weighted by atomic mass is 35.5. The van der Waals surface area contributed by atoms with Gasteiger partial charge in [0.1, 0.15) is 11.8 Å². The molecule has 104 valence electrons. The van der Waals surface area contributed by atoms with Gasteiger partial charge in [-0.15, -0.1) is 0 Å². The van der Waals surface area contributed by atoms with E-state index in [1.54, 1.807) is 0 Å². The smallest absolute Gasteiger partial charge is 0.152 e. The van der Waals surface area contributed by atoms with Gasteiger partial charge in [-0.2, -0.15) is 5.10 Å². The van der Waals surface area contributed by atoms with Crippen LogP contribution in [0.25, 0.3) is 11.0 Å². The molecule has 0 bridgehead atoms. The Morgan fingerprint density at radius 3 is 2.75 bits per heavy atom. The number of para-hydroxylation sites is 1. The van der Waals surface area contributed by atoms with Crippen molar-refractivity contribution >= 4 is 22.6 Å². The highest BCUT2D eigenvalue weighted by molar-refractivity contribution is 6.34. The summed E-state index contributed by atoms with van der Waals surface area (Å²) in [6.07, 6.45) is 0. The zero-order chi connectivity index (χ0) is 14.3. The number of nitrogens with zero attached hydrogens (tertiary/aromatic N) is 2. The van der Waals surface area contributed by atoms with Gasteiger partial charge in [0.25, 0.3) is 0 Å². The number of hydrogen-bond donors (Lipinski definition) is 1. The number of furan rings is 1. The Labute approximate surface area is 122 Å². The summed E-state index contributed by atoms with van der Waals surface area (Å²) < 4.78 is 7.80. The molecule has 0 aliphatic carbocycles. The Morgan fingerprint density at radius 1 is 1.35 bits per heavy atom. The van der Waals surface area contributed by atoms with Crippen LogP contribution in [-0.4, -0.2) is 16.8 Å². The van der Waals surface area contributed by atoms with Crippen molar-refractivity contribution in [3.05, 3.63) is 52.5 Å². The zero-order valence-electron chi connectivity index (χ0n) is 11.6. The van der Waals surface area contributed by atoms with E-state index in [-0.39, 0.29) is 6.04 Å². The summed E-state index contributed by atoms with van der Waals surface area (Å²) in [5.74, 6) is 0.832. The normalized spacial score (nSPS) is 13.0. The number of aryl methyl sites for hydroxylation is 2. The van der Waals surface area contributed by atoms with Crippen molar-refractivity contribution in [3.63, 3.8) is 0 Å². The lowest BCUT2D eigenvalue weighted by Gasteiger charge is -2.13. The number of halogens is 1. The number of rotatable bonds is 3. The Hall–Kier alpha value is -1.78. The van der Waals surface area contributed by atoms with E-state index >= 15 is 0 Å². The monoisotopic (exact) mass is 289 g/mol. The first kappa shape index (κ1) is 13.2. The fourth-order valence-corrected chi connectivity index (χ4v) is 2.75. The molecule has 0 aliphatic heterocycles. The summed E-state index contributed by atoms with van der Waals surface area (Å²) in [6, 6.07) is 9.77. The molecule has 1 aromatic carbocycles. The van der Waals surface area contributed by atoms with E-state index in [0.717, 1.165) is 28.1 Å². The predicted octanol–water partition coefficient (Wildman–Crippen LogP) is 3.44. The standard InChI is InChI=1S/C15H16ClN3O/c1-9-7-12(19(3)18-9)14(17-2)13-8-10-5-4-6-11(16)15(10)20-13/h4-8,14,17H,1-3H3. The SMILES string of the molecule is CNC(c1cc2cccc(Cl)c2o1)c1cc(C)nn1C. The maximum Gasteiger partial charge on any atom is 0.152 e. The Kier molecular flexibility index (Phi) is 3.28. The fourth-order valence-electron chi connectivity index (χ4n) is 2.53. The van der Waals surface area contributed by atoms with Crippen molar-refractivity contribution in [2.75, 3.05) is 7.05 Å². The average Bonchev–Trinajstić information content (AvgIpc) is 2.96. The molecule has 20 heavy (non-hydrogen) atoms. The Morgan fingerprint density at radius 2 is 2.15 bits per heavy atom. The van der Waals surface area contributed by atoms with Crippen molar-refractivity contribution in [2.45, 2.75) is 13.0 Å². The first-order valence-electron chi connectivity index (χ1n) is 6.46. The van der Waals surface area contributed by atoms with Gasteiger partial charge in [-0.05, 0) is 32.2 Å². The van der Waals surface area contributed by atoms with Gasteiger partial charge >= 0.3 is 0 Å². The maximum atomic E-state index is 6.17. The third kappa shape index (κ3) is 2.11. The lowest BCUT2D eigenvalue weighted by atomic mass is 10.1. The Bertz CT molecular complexity index is 760. The van der Waals surface area contributed by atoms with Gasteiger partial charge in [0.2, 0.25) is 0 Å². The molecule has 2 heterocycles. The molecular weight excluding hydrogens is 274 g/mol. The molecule has 2 aromatic heterocycles. The van der Waals surface area contributed by atoms with E-state index in [1.165, 1.54) is 0 Å². The molecule has 5 heteroatoms. The molecule has 3 aromatic rings. The summed E-state index contributed by atoms with van der Waals surface area (Å²) in [5, 5.41) is 9.29. The minimum absolute atomic E-state index is 0.0512. The van der Waals surface area contributed by atoms with Gasteiger partial charge in [0, 0.05) is 12.4 Å². The summed E-state index contributed by atoms with van der Waals surface area (Å²) >= 11 is 6.17. The lowest BCUT2D eigenvalue weighted by Crippen LogP contribution is -2.20. The van der Waals surface area contributed by atoms with Crippen LogP contribution in [0, 0.1) is 6.92 Å². The molecule has 0 saturated heterocycles. The fraction of sp³-hybridized carbons (Fsp3) is 0.267. The molecule has 1 N–H and O–H groups in total. The number of hydrogen-bond acceptors (Lipinski definition) is 3. The first-order chi connectivity index (χ1) is 9.60. The summed E-state index contributed by atoms with van der Waals surface area (Å²) in [5.41, 5.74) is 2.76. The molecule has 0 fully saturated rings. The molecule has 1 unspecified atom stereocenters. The molecule has 0 saturated carbocycles. The predicted molar refractivity (Wildman–Crippen MR) is 80.1 cm³/mol. The third-order valence-corrected chi connectivity index (χ3v) is 3.72. The molecular formula is C15H16ClN3O. The maximum absolute atomic E-state index is 6.17. The van der Waals surface area contributed by atoms with E-state index in [0.29, 0.717) is 5.02 Å². The summed E-state index contributed by atoms with van der Waals surface area (Å²) in [7, 11) is 3.84. The number of aromatic nitrogens is 2. The van der Waals surface area contributed by atoms with Gasteiger partial charge in [0.05, 0.1) is 16.4 Å². The second-order valence-electron chi connectivity index (χ2n) is 4.86. The van der Waals surface area contributed by atoms with Crippen molar-refractivity contribution < 1.29 is 4.42 Å².